The lowest BCUT2D eigenvalue weighted by molar-refractivity contribution is -0.116. The Balaban J connectivity index is 1.63. The number of aryl methyl sites for hydroxylation is 3. The van der Waals surface area contributed by atoms with Crippen molar-refractivity contribution in [1.82, 2.24) is 19.1 Å². The number of hydrogen-bond acceptors (Lipinski definition) is 3. The quantitative estimate of drug-likeness (QED) is 0.578. The first-order valence-electron chi connectivity index (χ1n) is 10.6. The number of aromatic nitrogens is 4. The molecule has 0 radical (unpaired) electrons. The summed E-state index contributed by atoms with van der Waals surface area (Å²) in [5.74, 6) is 1.20. The highest BCUT2D eigenvalue weighted by Gasteiger charge is 2.24. The molecule has 2 heterocycles. The molecule has 1 aromatic carbocycles. The first-order chi connectivity index (χ1) is 14.4. The Morgan fingerprint density at radius 3 is 2.37 bits per heavy atom. The summed E-state index contributed by atoms with van der Waals surface area (Å²) in [5.41, 5.74) is 4.18. The van der Waals surface area contributed by atoms with E-state index < -0.39 is 0 Å². The molecule has 2 aromatic heterocycles. The van der Waals surface area contributed by atoms with Crippen molar-refractivity contribution in [3.8, 4) is 0 Å². The van der Waals surface area contributed by atoms with E-state index in [0.717, 1.165) is 35.5 Å². The monoisotopic (exact) mass is 423 g/mol. The zero-order valence-electron chi connectivity index (χ0n) is 17.9. The molecule has 0 aliphatic heterocycles. The zero-order chi connectivity index (χ0) is 21.3. The van der Waals surface area contributed by atoms with Crippen LogP contribution in [0, 0.1) is 25.5 Å². The van der Waals surface area contributed by atoms with Gasteiger partial charge < -0.3 is 5.32 Å². The summed E-state index contributed by atoms with van der Waals surface area (Å²) in [6.07, 6.45) is 9.85. The van der Waals surface area contributed by atoms with E-state index in [1.54, 1.807) is 4.68 Å². The summed E-state index contributed by atoms with van der Waals surface area (Å²) in [6.45, 7) is 6.19. The van der Waals surface area contributed by atoms with Gasteiger partial charge in [0.25, 0.3) is 0 Å². The Labute approximate surface area is 182 Å². The van der Waals surface area contributed by atoms with Crippen LogP contribution < -0.4 is 5.32 Å². The maximum Gasteiger partial charge on any atom is 0.246 e. The number of rotatable bonds is 5. The smallest absolute Gasteiger partial charge is 0.246 e. The predicted molar refractivity (Wildman–Crippen MR) is 121 cm³/mol. The van der Waals surface area contributed by atoms with Crippen LogP contribution in [0.25, 0.3) is 0 Å². The van der Waals surface area contributed by atoms with E-state index in [4.69, 9.17) is 17.3 Å². The van der Waals surface area contributed by atoms with Crippen molar-refractivity contribution in [2.75, 3.05) is 5.32 Å². The molecule has 1 fully saturated rings. The number of amides is 1. The third-order valence-electron chi connectivity index (χ3n) is 5.87. The van der Waals surface area contributed by atoms with Crippen molar-refractivity contribution in [2.24, 2.45) is 0 Å². The molecule has 6 nitrogen and oxygen atoms in total. The van der Waals surface area contributed by atoms with Crippen molar-refractivity contribution >= 4 is 23.8 Å². The fourth-order valence-corrected chi connectivity index (χ4v) is 4.80. The molecule has 1 aliphatic carbocycles. The minimum Gasteiger partial charge on any atom is -0.324 e. The van der Waals surface area contributed by atoms with Gasteiger partial charge in [-0.2, -0.15) is 5.10 Å². The minimum absolute atomic E-state index is 0.0968. The summed E-state index contributed by atoms with van der Waals surface area (Å²) in [4.78, 5) is 12.9. The number of nitrogens with zero attached hydrogens (tertiary/aromatic N) is 4. The Morgan fingerprint density at radius 1 is 1.10 bits per heavy atom. The molecule has 1 amide bonds. The lowest BCUT2D eigenvalue weighted by Crippen LogP contribution is -2.21. The number of nitrogens with one attached hydrogen (secondary N) is 1. The fraction of sp³-hybridized carbons (Fsp3) is 0.435. The summed E-state index contributed by atoms with van der Waals surface area (Å²) < 4.78 is 6.13. The summed E-state index contributed by atoms with van der Waals surface area (Å²) in [5, 5.41) is 7.89. The van der Waals surface area contributed by atoms with E-state index in [1.807, 2.05) is 47.7 Å². The summed E-state index contributed by atoms with van der Waals surface area (Å²) in [7, 11) is 0. The van der Waals surface area contributed by atoms with Gasteiger partial charge >= 0.3 is 0 Å². The molecule has 0 saturated heterocycles. The van der Waals surface area contributed by atoms with Crippen LogP contribution in [0.2, 0.25) is 0 Å². The topological polar surface area (TPSA) is 56.8 Å². The lowest BCUT2D eigenvalue weighted by atomic mass is 9.89. The van der Waals surface area contributed by atoms with Gasteiger partial charge in [0.1, 0.15) is 6.54 Å². The Morgan fingerprint density at radius 2 is 1.73 bits per heavy atom. The van der Waals surface area contributed by atoms with Gasteiger partial charge in [0.2, 0.25) is 10.7 Å². The van der Waals surface area contributed by atoms with Crippen molar-refractivity contribution in [1.29, 1.82) is 0 Å². The molecule has 0 atom stereocenters. The Hall–Kier alpha value is -2.67. The first-order valence-corrected chi connectivity index (χ1v) is 11.1. The molecule has 3 aromatic rings. The Bertz CT molecular complexity index is 1080. The van der Waals surface area contributed by atoms with Gasteiger partial charge in [-0.05, 0) is 69.1 Å². The van der Waals surface area contributed by atoms with Gasteiger partial charge in [0.15, 0.2) is 5.82 Å². The molecule has 30 heavy (non-hydrogen) atoms. The molecular formula is C23H29N5OS. The lowest BCUT2D eigenvalue weighted by Gasteiger charge is -2.21. The van der Waals surface area contributed by atoms with Crippen LogP contribution in [0.1, 0.15) is 60.5 Å². The average Bonchev–Trinajstić information content (AvgIpc) is 3.34. The molecule has 4 rings (SSSR count). The normalized spacial score (nSPS) is 14.8. The van der Waals surface area contributed by atoms with Crippen LogP contribution in [-0.2, 0) is 11.3 Å². The summed E-state index contributed by atoms with van der Waals surface area (Å²) >= 11 is 5.74. The molecule has 1 N–H and O–H groups in total. The van der Waals surface area contributed by atoms with Gasteiger partial charge in [-0.25, -0.2) is 9.36 Å². The van der Waals surface area contributed by atoms with Crippen molar-refractivity contribution in [2.45, 2.75) is 65.3 Å². The average molecular weight is 424 g/mol. The number of benzene rings is 1. The molecule has 1 aliphatic rings. The second kappa shape index (κ2) is 8.60. The van der Waals surface area contributed by atoms with Gasteiger partial charge in [-0.15, -0.1) is 0 Å². The van der Waals surface area contributed by atoms with Gasteiger partial charge in [0, 0.05) is 24.0 Å². The largest absolute Gasteiger partial charge is 0.324 e. The molecule has 1 saturated carbocycles. The maximum absolute atomic E-state index is 12.9. The van der Waals surface area contributed by atoms with Crippen molar-refractivity contribution < 1.29 is 4.79 Å². The van der Waals surface area contributed by atoms with E-state index in [2.05, 4.69) is 24.4 Å². The van der Waals surface area contributed by atoms with Crippen molar-refractivity contribution in [3.63, 3.8) is 0 Å². The predicted octanol–water partition coefficient (Wildman–Crippen LogP) is 5.14. The molecule has 0 spiro atoms. The van der Waals surface area contributed by atoms with Crippen LogP contribution in [-0.4, -0.2) is 25.0 Å². The fourth-order valence-electron chi connectivity index (χ4n) is 4.50. The molecule has 0 unspecified atom stereocenters. The summed E-state index contributed by atoms with van der Waals surface area (Å²) in [6, 6.07) is 8.10. The maximum atomic E-state index is 12.9. The van der Waals surface area contributed by atoms with Crippen LogP contribution in [0.15, 0.2) is 36.7 Å². The highest BCUT2D eigenvalue weighted by Crippen LogP contribution is 2.32. The third kappa shape index (κ3) is 4.12. The van der Waals surface area contributed by atoms with E-state index >= 15 is 0 Å². The van der Waals surface area contributed by atoms with Gasteiger partial charge in [-0.1, -0.05) is 37.0 Å². The number of carbonyl (C=O) groups is 1. The Kier molecular flexibility index (Phi) is 5.90. The van der Waals surface area contributed by atoms with E-state index in [1.165, 1.54) is 24.8 Å². The van der Waals surface area contributed by atoms with Crippen LogP contribution in [0.5, 0.6) is 0 Å². The van der Waals surface area contributed by atoms with Crippen molar-refractivity contribution in [3.05, 3.63) is 63.9 Å². The number of hydrogen-bond donors (Lipinski definition) is 1. The SMILES string of the molecule is Cc1cc(C)c(NC(=O)Cn2nc(C3CCCCC3)n(-n3cccc3)c2=S)c(C)c1. The molecular weight excluding hydrogens is 394 g/mol. The van der Waals surface area contributed by atoms with E-state index in [0.29, 0.717) is 10.7 Å². The molecule has 158 valence electrons. The minimum atomic E-state index is -0.117. The van der Waals surface area contributed by atoms with Crippen LogP contribution in [0.3, 0.4) is 0 Å². The number of carbonyl (C=O) groups excluding carboxylic acids is 1. The van der Waals surface area contributed by atoms with Crippen LogP contribution >= 0.6 is 12.2 Å². The highest BCUT2D eigenvalue weighted by molar-refractivity contribution is 7.71. The highest BCUT2D eigenvalue weighted by atomic mass is 32.1. The zero-order valence-corrected chi connectivity index (χ0v) is 18.7. The van der Waals surface area contributed by atoms with Gasteiger partial charge in [0.05, 0.1) is 0 Å². The van der Waals surface area contributed by atoms with E-state index in [-0.39, 0.29) is 12.5 Å². The molecule has 7 heteroatoms. The second-order valence-corrected chi connectivity index (χ2v) is 8.70. The molecule has 0 bridgehead atoms. The third-order valence-corrected chi connectivity index (χ3v) is 6.25. The van der Waals surface area contributed by atoms with Crippen LogP contribution in [0.4, 0.5) is 5.69 Å². The first kappa shape index (κ1) is 20.6. The van der Waals surface area contributed by atoms with Gasteiger partial charge in [-0.3, -0.25) is 9.47 Å². The number of anilines is 1. The van der Waals surface area contributed by atoms with E-state index in [9.17, 15) is 4.79 Å². The second-order valence-electron chi connectivity index (χ2n) is 8.33. The standard InChI is InChI=1S/C23H29N5OS/c1-16-13-17(2)21(18(3)14-16)24-20(29)15-27-23(30)28(26-11-7-8-12-26)22(25-27)19-9-5-4-6-10-19/h7-8,11-14,19H,4-6,9-10,15H2,1-3H3,(H,24,29).